The molecule has 0 saturated heterocycles. The lowest BCUT2D eigenvalue weighted by Crippen LogP contribution is -2.37. The number of carbonyl (C=O) groups excluding carboxylic acids is 1. The van der Waals surface area contributed by atoms with Crippen LogP contribution in [-0.4, -0.2) is 72.4 Å². The molecule has 0 spiro atoms. The number of carbonyl (C=O) groups is 1. The topological polar surface area (TPSA) is 138 Å². The van der Waals surface area contributed by atoms with Gasteiger partial charge in [-0.25, -0.2) is 9.48 Å². The number of aryl methyl sites for hydroxylation is 2. The number of cyclic esters (lactones) is 1. The van der Waals surface area contributed by atoms with Crippen LogP contribution >= 0.6 is 0 Å². The van der Waals surface area contributed by atoms with Gasteiger partial charge in [-0.2, -0.15) is 0 Å². The minimum atomic E-state index is -0.759. The number of esters is 1. The SMILES string of the molecule is C=C/C=C\[C@H](C)[C@@H]1OC(=O)/C=C\C=C\[C@@H](CCCCn2nnc3c2CC[C@@H]2[C@@H](CO)[C@@H]2CC3)[C@@H](O)C[C@H](O)/C=C\CC[C@@H](C)C[C@@H](C)CC[C@@H](O)[C@@H]1C. The van der Waals surface area contributed by atoms with Gasteiger partial charge in [0.2, 0.25) is 0 Å². The van der Waals surface area contributed by atoms with E-state index in [9.17, 15) is 25.2 Å². The number of aliphatic hydroxyl groups is 4. The number of allylic oxidation sites excluding steroid dienone is 5. The number of aliphatic hydroxyl groups excluding tert-OH is 4. The highest BCUT2D eigenvalue weighted by Gasteiger charge is 2.49. The van der Waals surface area contributed by atoms with Gasteiger partial charge in [0.15, 0.2) is 0 Å². The van der Waals surface area contributed by atoms with Crippen LogP contribution in [0.1, 0.15) is 110 Å². The predicted octanol–water partition coefficient (Wildman–Crippen LogP) is 7.10. The molecule has 4 N–H and O–H groups in total. The molecule has 0 bridgehead atoms. The Kier molecular flexibility index (Phi) is 17.7. The molecule has 1 aromatic rings. The fourth-order valence-electron chi connectivity index (χ4n) is 8.90. The van der Waals surface area contributed by atoms with Crippen molar-refractivity contribution in [3.8, 4) is 0 Å². The van der Waals surface area contributed by atoms with Gasteiger partial charge in [0.25, 0.3) is 0 Å². The van der Waals surface area contributed by atoms with Crippen molar-refractivity contribution >= 4 is 5.97 Å². The van der Waals surface area contributed by atoms with E-state index in [0.29, 0.717) is 42.4 Å². The Hall–Kier alpha value is -2.85. The smallest absolute Gasteiger partial charge is 0.331 e. The third-order valence-corrected chi connectivity index (χ3v) is 12.3. The molecule has 9 nitrogen and oxygen atoms in total. The molecule has 0 aromatic carbocycles. The molecule has 0 radical (unpaired) electrons. The minimum absolute atomic E-state index is 0.117. The van der Waals surface area contributed by atoms with Crippen molar-refractivity contribution in [2.75, 3.05) is 6.61 Å². The number of rotatable bonds is 9. The van der Waals surface area contributed by atoms with Crippen LogP contribution in [0.4, 0.5) is 0 Å². The van der Waals surface area contributed by atoms with Gasteiger partial charge in [0.1, 0.15) is 6.10 Å². The third-order valence-electron chi connectivity index (χ3n) is 12.3. The lowest BCUT2D eigenvalue weighted by Gasteiger charge is -2.31. The maximum atomic E-state index is 13.1. The lowest BCUT2D eigenvalue weighted by atomic mass is 9.84. The van der Waals surface area contributed by atoms with Gasteiger partial charge in [0, 0.05) is 43.4 Å². The van der Waals surface area contributed by atoms with Crippen LogP contribution in [0.2, 0.25) is 0 Å². The monoisotopic (exact) mass is 736 g/mol. The fourth-order valence-corrected chi connectivity index (χ4v) is 8.90. The highest BCUT2D eigenvalue weighted by atomic mass is 16.5. The van der Waals surface area contributed by atoms with Crippen LogP contribution in [0.15, 0.2) is 61.3 Å². The average molecular weight is 736 g/mol. The summed E-state index contributed by atoms with van der Waals surface area (Å²) in [5.74, 6) is 1.59. The molecule has 1 aliphatic heterocycles. The Morgan fingerprint density at radius 1 is 0.962 bits per heavy atom. The summed E-state index contributed by atoms with van der Waals surface area (Å²) in [5, 5.41) is 52.1. The van der Waals surface area contributed by atoms with Gasteiger partial charge in [-0.05, 0) is 100 Å². The van der Waals surface area contributed by atoms with Crippen LogP contribution in [0, 0.1) is 47.3 Å². The Morgan fingerprint density at radius 3 is 2.47 bits per heavy atom. The molecule has 53 heavy (non-hydrogen) atoms. The average Bonchev–Trinajstić information content (AvgIpc) is 3.66. The van der Waals surface area contributed by atoms with Crippen molar-refractivity contribution in [3.05, 3.63) is 72.7 Å². The first-order valence-corrected chi connectivity index (χ1v) is 20.6. The molecule has 2 heterocycles. The van der Waals surface area contributed by atoms with Crippen molar-refractivity contribution < 1.29 is 30.0 Å². The van der Waals surface area contributed by atoms with E-state index in [4.69, 9.17) is 4.74 Å². The Balaban J connectivity index is 1.42. The minimum Gasteiger partial charge on any atom is -0.458 e. The summed E-state index contributed by atoms with van der Waals surface area (Å²) in [6, 6.07) is 0. The molecule has 9 heteroatoms. The van der Waals surface area contributed by atoms with E-state index in [0.717, 1.165) is 76.4 Å². The second-order valence-corrected chi connectivity index (χ2v) is 16.6. The highest BCUT2D eigenvalue weighted by molar-refractivity contribution is 5.82. The van der Waals surface area contributed by atoms with Crippen molar-refractivity contribution in [1.29, 1.82) is 0 Å². The molecule has 0 unspecified atom stereocenters. The number of unbranched alkanes of at least 4 members (excludes halogenated alkanes) is 1. The summed E-state index contributed by atoms with van der Waals surface area (Å²) in [5.41, 5.74) is 2.33. The standard InChI is InChI=1S/C44H69N3O6/c1-6-7-15-32(4)44-33(5)41(50)25-20-31(3)27-30(2)14-8-10-18-35(49)28-42(51)34(16-9-11-19-43(52)53-44)17-12-13-26-47-40-24-22-37-36(38(37)29-48)21-23-39(40)45-46-47/h6-7,9-11,15-16,18-19,30-38,41-42,44,48-51H,1,8,12-14,17,20-29H2,2-5H3/b15-7-,16-9+,18-10-,19-11-/t30-,31+,32+,33+,34+,35-,36-,37+,38+,41-,42+,44+/m1/s1. The van der Waals surface area contributed by atoms with E-state index in [2.05, 4.69) is 35.4 Å². The molecule has 4 rings (SSSR count). The van der Waals surface area contributed by atoms with Crippen molar-refractivity contribution in [2.24, 2.45) is 47.3 Å². The first kappa shape index (κ1) is 42.9. The number of ether oxygens (including phenoxy) is 1. The van der Waals surface area contributed by atoms with Crippen molar-refractivity contribution in [1.82, 2.24) is 15.0 Å². The van der Waals surface area contributed by atoms with Crippen LogP contribution in [-0.2, 0) is 28.9 Å². The maximum absolute atomic E-state index is 13.1. The second kappa shape index (κ2) is 21.9. The zero-order valence-electron chi connectivity index (χ0n) is 32.9. The van der Waals surface area contributed by atoms with Gasteiger partial charge >= 0.3 is 5.97 Å². The first-order chi connectivity index (χ1) is 25.5. The van der Waals surface area contributed by atoms with E-state index >= 15 is 0 Å². The summed E-state index contributed by atoms with van der Waals surface area (Å²) in [6.45, 7) is 13.2. The quantitative estimate of drug-likeness (QED) is 0.0913. The van der Waals surface area contributed by atoms with Gasteiger partial charge in [-0.15, -0.1) is 5.10 Å². The Bertz CT molecular complexity index is 1380. The molecule has 1 saturated carbocycles. The number of aromatic nitrogens is 3. The highest BCUT2D eigenvalue weighted by Crippen LogP contribution is 2.52. The second-order valence-electron chi connectivity index (χ2n) is 16.6. The van der Waals surface area contributed by atoms with Crippen molar-refractivity contribution in [3.63, 3.8) is 0 Å². The fraction of sp³-hybridized carbons (Fsp3) is 0.705. The summed E-state index contributed by atoms with van der Waals surface area (Å²) < 4.78 is 8.04. The van der Waals surface area contributed by atoms with Crippen LogP contribution in [0.25, 0.3) is 0 Å². The van der Waals surface area contributed by atoms with Gasteiger partial charge in [0.05, 0.1) is 29.7 Å². The summed E-state index contributed by atoms with van der Waals surface area (Å²) in [7, 11) is 0. The van der Waals surface area contributed by atoms with Crippen molar-refractivity contribution in [2.45, 2.75) is 142 Å². The zero-order chi connectivity index (χ0) is 38.3. The molecule has 12 atom stereocenters. The lowest BCUT2D eigenvalue weighted by molar-refractivity contribution is -0.150. The molecule has 0 amide bonds. The molecular weight excluding hydrogens is 666 g/mol. The van der Waals surface area contributed by atoms with Crippen LogP contribution in [0.3, 0.4) is 0 Å². The number of hydrogen-bond acceptors (Lipinski definition) is 8. The van der Waals surface area contributed by atoms with Crippen LogP contribution < -0.4 is 0 Å². The van der Waals surface area contributed by atoms with E-state index in [1.165, 1.54) is 11.8 Å². The number of hydrogen-bond donors (Lipinski definition) is 4. The van der Waals surface area contributed by atoms with E-state index in [-0.39, 0.29) is 30.8 Å². The normalized spacial score (nSPS) is 36.3. The summed E-state index contributed by atoms with van der Waals surface area (Å²) in [4.78, 5) is 13.1. The van der Waals surface area contributed by atoms with E-state index in [1.54, 1.807) is 18.2 Å². The largest absolute Gasteiger partial charge is 0.458 e. The Labute approximate surface area is 319 Å². The number of nitrogens with zero attached hydrogens (tertiary/aromatic N) is 3. The predicted molar refractivity (Wildman–Crippen MR) is 211 cm³/mol. The van der Waals surface area contributed by atoms with Crippen LogP contribution in [0.5, 0.6) is 0 Å². The molecular formula is C44H69N3O6. The van der Waals surface area contributed by atoms with Gasteiger partial charge in [-0.3, -0.25) is 0 Å². The zero-order valence-corrected chi connectivity index (χ0v) is 32.9. The van der Waals surface area contributed by atoms with Gasteiger partial charge in [-0.1, -0.05) is 94.5 Å². The maximum Gasteiger partial charge on any atom is 0.331 e. The molecule has 3 aliphatic rings. The Morgan fingerprint density at radius 2 is 1.72 bits per heavy atom. The third kappa shape index (κ3) is 13.4. The summed E-state index contributed by atoms with van der Waals surface area (Å²) >= 11 is 0. The molecule has 1 fully saturated rings. The molecule has 1 aromatic heterocycles. The molecule has 296 valence electrons. The van der Waals surface area contributed by atoms with E-state index in [1.807, 2.05) is 44.2 Å². The first-order valence-electron chi connectivity index (χ1n) is 20.6. The van der Waals surface area contributed by atoms with Gasteiger partial charge < -0.3 is 25.2 Å². The molecule has 2 aliphatic carbocycles. The summed E-state index contributed by atoms with van der Waals surface area (Å²) in [6.07, 6.45) is 24.7. The van der Waals surface area contributed by atoms with E-state index < -0.39 is 30.4 Å². The number of fused-ring (bicyclic) bond motifs is 2.